The maximum atomic E-state index is 14.4. The second kappa shape index (κ2) is 6.90. The molecule has 35 heavy (non-hydrogen) atoms. The molecule has 8 atom stereocenters. The molecule has 0 amide bonds. The number of aromatic nitrogens is 1. The molecule has 4 nitrogen and oxygen atoms in total. The van der Waals surface area contributed by atoms with Crippen LogP contribution in [-0.2, 0) is 21.4 Å². The summed E-state index contributed by atoms with van der Waals surface area (Å²) in [6.45, 7) is 16.8. The van der Waals surface area contributed by atoms with E-state index in [0.717, 1.165) is 50.7 Å². The zero-order valence-corrected chi connectivity index (χ0v) is 23.0. The Kier molecular flexibility index (Phi) is 4.71. The van der Waals surface area contributed by atoms with Gasteiger partial charge in [-0.1, -0.05) is 53.6 Å². The van der Waals surface area contributed by atoms with Gasteiger partial charge in [0, 0.05) is 28.7 Å². The lowest BCUT2D eigenvalue weighted by Gasteiger charge is -2.72. The number of nitrogens with zero attached hydrogens (tertiary/aromatic N) is 1. The third-order valence-electron chi connectivity index (χ3n) is 13.3. The molecule has 6 rings (SSSR count). The second-order valence-corrected chi connectivity index (χ2v) is 15.5. The van der Waals surface area contributed by atoms with Crippen LogP contribution in [0.3, 0.4) is 0 Å². The van der Waals surface area contributed by atoms with Crippen LogP contribution >= 0.6 is 0 Å². The third kappa shape index (κ3) is 2.78. The highest BCUT2D eigenvalue weighted by Gasteiger charge is 2.72. The van der Waals surface area contributed by atoms with Gasteiger partial charge in [0.25, 0.3) is 0 Å². The minimum atomic E-state index is -0.288. The van der Waals surface area contributed by atoms with Crippen LogP contribution in [0.1, 0.15) is 111 Å². The smallest absolute Gasteiger partial charge is 0.145 e. The minimum Gasteiger partial charge on any atom is -0.361 e. The first kappa shape index (κ1) is 23.9. The van der Waals surface area contributed by atoms with Crippen LogP contribution in [0.2, 0.25) is 0 Å². The molecule has 0 radical (unpaired) electrons. The summed E-state index contributed by atoms with van der Waals surface area (Å²) in [4.78, 5) is 27.0. The van der Waals surface area contributed by atoms with Crippen molar-refractivity contribution < 1.29 is 14.1 Å². The summed E-state index contributed by atoms with van der Waals surface area (Å²) in [5.74, 6) is 2.57. The monoisotopic (exact) mass is 479 g/mol. The van der Waals surface area contributed by atoms with Crippen LogP contribution in [0.4, 0.5) is 0 Å². The lowest BCUT2D eigenvalue weighted by Crippen LogP contribution is -2.69. The van der Waals surface area contributed by atoms with Crippen molar-refractivity contribution in [1.29, 1.82) is 0 Å². The fourth-order valence-electron chi connectivity index (χ4n) is 11.2. The van der Waals surface area contributed by atoms with E-state index in [-0.39, 0.29) is 44.3 Å². The molecule has 4 heteroatoms. The third-order valence-corrected chi connectivity index (χ3v) is 13.3. The van der Waals surface area contributed by atoms with Gasteiger partial charge in [0.2, 0.25) is 0 Å². The number of fused-ring (bicyclic) bond motifs is 8. The maximum absolute atomic E-state index is 14.4. The molecule has 5 aliphatic carbocycles. The lowest BCUT2D eigenvalue weighted by molar-refractivity contribution is -0.225. The molecule has 1 heterocycles. The number of aldehydes is 1. The molecular weight excluding hydrogens is 434 g/mol. The van der Waals surface area contributed by atoms with Crippen molar-refractivity contribution in [2.75, 3.05) is 0 Å². The quantitative estimate of drug-likeness (QED) is 0.409. The fraction of sp³-hybridized carbons (Fsp3) is 0.839. The number of hydrogen-bond donors (Lipinski definition) is 0. The Morgan fingerprint density at radius 3 is 2.37 bits per heavy atom. The van der Waals surface area contributed by atoms with E-state index in [9.17, 15) is 9.59 Å². The van der Waals surface area contributed by atoms with Crippen LogP contribution in [-0.4, -0.2) is 17.2 Å². The first-order valence-corrected chi connectivity index (χ1v) is 14.2. The Bertz CT molecular complexity index is 1080. The highest BCUT2D eigenvalue weighted by molar-refractivity contribution is 5.85. The Morgan fingerprint density at radius 1 is 0.943 bits per heavy atom. The molecule has 192 valence electrons. The number of hydrogen-bond acceptors (Lipinski definition) is 4. The number of carbonyl (C=O) groups is 2. The molecule has 0 aromatic carbocycles. The number of ketones is 1. The summed E-state index contributed by atoms with van der Waals surface area (Å²) in [5, 5.41) is 4.20. The summed E-state index contributed by atoms with van der Waals surface area (Å²) in [6, 6.07) is 0. The molecule has 0 aliphatic heterocycles. The first-order chi connectivity index (χ1) is 16.2. The average molecular weight is 480 g/mol. The molecule has 0 N–H and O–H groups in total. The maximum Gasteiger partial charge on any atom is 0.145 e. The predicted molar refractivity (Wildman–Crippen MR) is 136 cm³/mol. The summed E-state index contributed by atoms with van der Waals surface area (Å²) in [7, 11) is 0. The molecule has 0 unspecified atom stereocenters. The summed E-state index contributed by atoms with van der Waals surface area (Å²) in [6.07, 6.45) is 12.2. The van der Waals surface area contributed by atoms with Crippen LogP contribution < -0.4 is 0 Å². The van der Waals surface area contributed by atoms with Crippen molar-refractivity contribution in [1.82, 2.24) is 5.16 Å². The predicted octanol–water partition coefficient (Wildman–Crippen LogP) is 6.95. The molecular formula is C31H45NO3. The largest absolute Gasteiger partial charge is 0.361 e. The Morgan fingerprint density at radius 2 is 1.66 bits per heavy atom. The van der Waals surface area contributed by atoms with Gasteiger partial charge in [-0.2, -0.15) is 0 Å². The molecule has 5 aliphatic rings. The van der Waals surface area contributed by atoms with Crippen molar-refractivity contribution in [2.24, 2.45) is 50.7 Å². The van der Waals surface area contributed by atoms with E-state index in [1.165, 1.54) is 18.3 Å². The van der Waals surface area contributed by atoms with Gasteiger partial charge in [0.05, 0.1) is 6.20 Å². The number of rotatable bonds is 1. The molecule has 4 fully saturated rings. The summed E-state index contributed by atoms with van der Waals surface area (Å²) < 4.78 is 5.81. The van der Waals surface area contributed by atoms with Gasteiger partial charge in [0.1, 0.15) is 17.8 Å². The van der Waals surface area contributed by atoms with Crippen molar-refractivity contribution >= 4 is 12.1 Å². The van der Waals surface area contributed by atoms with E-state index < -0.39 is 0 Å². The van der Waals surface area contributed by atoms with Crippen molar-refractivity contribution in [2.45, 2.75) is 112 Å². The average Bonchev–Trinajstić information content (AvgIpc) is 3.24. The first-order valence-electron chi connectivity index (χ1n) is 14.2. The molecule has 0 saturated heterocycles. The topological polar surface area (TPSA) is 60.2 Å². The summed E-state index contributed by atoms with van der Waals surface area (Å²) >= 11 is 0. The van der Waals surface area contributed by atoms with E-state index >= 15 is 0 Å². The molecule has 1 aromatic rings. The zero-order valence-electron chi connectivity index (χ0n) is 23.0. The normalized spacial score (nSPS) is 49.6. The van der Waals surface area contributed by atoms with Gasteiger partial charge in [0.15, 0.2) is 0 Å². The van der Waals surface area contributed by atoms with Crippen molar-refractivity contribution in [3.05, 3.63) is 17.5 Å². The van der Waals surface area contributed by atoms with Crippen LogP contribution in [0, 0.1) is 50.7 Å². The molecule has 4 saturated carbocycles. The van der Waals surface area contributed by atoms with E-state index in [0.29, 0.717) is 24.0 Å². The Labute approximate surface area is 211 Å². The van der Waals surface area contributed by atoms with Gasteiger partial charge in [-0.25, -0.2) is 0 Å². The van der Waals surface area contributed by atoms with Gasteiger partial charge in [-0.15, -0.1) is 0 Å². The molecule has 0 spiro atoms. The number of Topliss-reactive ketones (excluding diaryl/α,β-unsaturated/α-hetero) is 1. The molecule has 1 aromatic heterocycles. The zero-order chi connectivity index (χ0) is 25.2. The Balaban J connectivity index is 1.46. The Hall–Kier alpha value is -1.45. The lowest BCUT2D eigenvalue weighted by atomic mass is 9.31. The standard InChI is InChI=1S/C31H45NO3/c1-26(2)10-12-31(18-33)13-11-30(7)24(20(31)16-26)21(34)14-23-28(5)15-19-17-32-35-25(19)27(3,4)22(28)8-9-29(23,30)6/h17-18,20,22-24H,8-16H2,1-7H3/t20-,22-,23+,24-,28-,29+,30+,31+/m0/s1. The SMILES string of the molecule is CC1(C)CC[C@]2(C=O)CC[C@]3(C)[C@H](C(=O)C[C@@H]4[C@@]5(C)Cc6cnoc6C(C)(C)[C@@H]5CC[C@]43C)[C@@H]2C1. The van der Waals surface area contributed by atoms with Gasteiger partial charge in [-0.3, -0.25) is 4.79 Å². The van der Waals surface area contributed by atoms with E-state index in [1.807, 2.05) is 6.20 Å². The van der Waals surface area contributed by atoms with Crippen LogP contribution in [0.25, 0.3) is 0 Å². The highest BCUT2D eigenvalue weighted by atomic mass is 16.5. The van der Waals surface area contributed by atoms with Crippen molar-refractivity contribution in [3.63, 3.8) is 0 Å². The van der Waals surface area contributed by atoms with E-state index in [4.69, 9.17) is 4.52 Å². The van der Waals surface area contributed by atoms with Gasteiger partial charge >= 0.3 is 0 Å². The minimum absolute atomic E-state index is 0.0187. The summed E-state index contributed by atoms with van der Waals surface area (Å²) in [5.41, 5.74) is 1.18. The number of carbonyl (C=O) groups excluding carboxylic acids is 2. The molecule has 0 bridgehead atoms. The van der Waals surface area contributed by atoms with E-state index in [2.05, 4.69) is 53.6 Å². The van der Waals surface area contributed by atoms with Gasteiger partial charge in [-0.05, 0) is 90.8 Å². The fourth-order valence-corrected chi connectivity index (χ4v) is 11.2. The highest BCUT2D eigenvalue weighted by Crippen LogP contribution is 2.75. The second-order valence-electron chi connectivity index (χ2n) is 15.5. The van der Waals surface area contributed by atoms with Crippen LogP contribution in [0.15, 0.2) is 10.7 Å². The van der Waals surface area contributed by atoms with Crippen LogP contribution in [0.5, 0.6) is 0 Å². The van der Waals surface area contributed by atoms with E-state index in [1.54, 1.807) is 0 Å². The van der Waals surface area contributed by atoms with Crippen molar-refractivity contribution in [3.8, 4) is 0 Å². The van der Waals surface area contributed by atoms with Gasteiger partial charge < -0.3 is 9.32 Å².